The summed E-state index contributed by atoms with van der Waals surface area (Å²) in [7, 11) is 0. The predicted octanol–water partition coefficient (Wildman–Crippen LogP) is 11.7. The van der Waals surface area contributed by atoms with Crippen LogP contribution in [0, 0.1) is 19.8 Å². The lowest BCUT2D eigenvalue weighted by Gasteiger charge is -2.22. The lowest BCUT2D eigenvalue weighted by atomic mass is 9.82. The van der Waals surface area contributed by atoms with Crippen molar-refractivity contribution in [3.05, 3.63) is 106 Å². The number of allylic oxidation sites excluding steroid dienone is 3. The maximum atomic E-state index is 4.06. The van der Waals surface area contributed by atoms with Crippen LogP contribution in [0.25, 0.3) is 22.4 Å². The largest absolute Gasteiger partial charge is 0.102 e. The summed E-state index contributed by atoms with van der Waals surface area (Å²) in [6.45, 7) is 27.5. The molecule has 0 bridgehead atoms. The quantitative estimate of drug-likeness (QED) is 0.326. The van der Waals surface area contributed by atoms with E-state index in [-0.39, 0.29) is 0 Å². The van der Waals surface area contributed by atoms with Crippen LogP contribution in [0.4, 0.5) is 0 Å². The minimum Gasteiger partial charge on any atom is -0.102 e. The highest BCUT2D eigenvalue weighted by Crippen LogP contribution is 2.41. The van der Waals surface area contributed by atoms with Gasteiger partial charge in [0.1, 0.15) is 0 Å². The second-order valence-corrected chi connectivity index (χ2v) is 9.28. The van der Waals surface area contributed by atoms with Gasteiger partial charge in [-0.1, -0.05) is 145 Å². The molecule has 0 heteroatoms. The van der Waals surface area contributed by atoms with E-state index < -0.39 is 0 Å². The minimum absolute atomic E-state index is 0.309. The number of fused-ring (bicyclic) bond motifs is 3. The Morgan fingerprint density at radius 1 is 0.833 bits per heavy atom. The third-order valence-electron chi connectivity index (χ3n) is 6.44. The third kappa shape index (κ3) is 7.10. The van der Waals surface area contributed by atoms with Gasteiger partial charge in [0.25, 0.3) is 0 Å². The molecule has 0 amide bonds. The molecule has 2 atom stereocenters. The van der Waals surface area contributed by atoms with Gasteiger partial charge in [-0.15, -0.1) is 6.58 Å². The Morgan fingerprint density at radius 3 is 2.03 bits per heavy atom. The molecule has 0 nitrogen and oxygen atoms in total. The summed E-state index contributed by atoms with van der Waals surface area (Å²) in [5.41, 5.74) is 10.8. The Bertz CT molecular complexity index is 1190. The lowest BCUT2D eigenvalue weighted by Crippen LogP contribution is -2.04. The third-order valence-corrected chi connectivity index (χ3v) is 6.44. The van der Waals surface area contributed by atoms with Gasteiger partial charge in [0.05, 0.1) is 0 Å². The zero-order valence-corrected chi connectivity index (χ0v) is 24.9. The number of hydrogen-bond donors (Lipinski definition) is 0. The van der Waals surface area contributed by atoms with Crippen LogP contribution in [0.15, 0.2) is 72.8 Å². The molecule has 0 radical (unpaired) electrons. The Hall–Kier alpha value is -2.86. The van der Waals surface area contributed by atoms with Gasteiger partial charge in [-0.2, -0.15) is 0 Å². The highest BCUT2D eigenvalue weighted by atomic mass is 14.3. The standard InChI is InChI=1S/C29H30.C3H8.2C2H6/c1-7-20(4)24-12-8-19(3)17-28(24)29-22(6)21(5)10-14-26-25-13-9-18(2)16-23(25)11-15-27(26)29;1-3-2;2*1-2/h7-17,20-21H,1H2,2-6H3;3H2,1-2H3;2*1-2H3. The monoisotopic (exact) mass is 482 g/mol. The number of rotatable bonds is 3. The maximum Gasteiger partial charge on any atom is -0.000696 e. The Morgan fingerprint density at radius 2 is 1.42 bits per heavy atom. The fraction of sp³-hybridized carbons (Fsp3) is 0.389. The second kappa shape index (κ2) is 15.3. The zero-order valence-electron chi connectivity index (χ0n) is 24.9. The van der Waals surface area contributed by atoms with Gasteiger partial charge in [-0.05, 0) is 71.2 Å². The van der Waals surface area contributed by atoms with E-state index >= 15 is 0 Å². The predicted molar refractivity (Wildman–Crippen MR) is 167 cm³/mol. The highest BCUT2D eigenvalue weighted by Gasteiger charge is 2.22. The number of hydrogen-bond acceptors (Lipinski definition) is 0. The van der Waals surface area contributed by atoms with Crippen molar-refractivity contribution in [2.75, 3.05) is 0 Å². The van der Waals surface area contributed by atoms with Crippen LogP contribution in [-0.2, 0) is 0 Å². The van der Waals surface area contributed by atoms with Crippen LogP contribution in [0.1, 0.15) is 108 Å². The van der Waals surface area contributed by atoms with Crippen molar-refractivity contribution in [3.63, 3.8) is 0 Å². The Labute approximate surface area is 222 Å². The smallest absolute Gasteiger partial charge is 0.000696 e. The van der Waals surface area contributed by atoms with Gasteiger partial charge in [0, 0.05) is 0 Å². The molecule has 0 fully saturated rings. The first kappa shape index (κ1) is 31.2. The molecule has 0 heterocycles. The molecule has 0 saturated carbocycles. The van der Waals surface area contributed by atoms with Gasteiger partial charge in [-0.25, -0.2) is 0 Å². The van der Waals surface area contributed by atoms with Crippen molar-refractivity contribution in [1.82, 2.24) is 0 Å². The second-order valence-electron chi connectivity index (χ2n) is 9.28. The molecule has 1 aliphatic carbocycles. The van der Waals surface area contributed by atoms with E-state index in [9.17, 15) is 0 Å². The molecule has 0 saturated heterocycles. The molecular weight excluding hydrogens is 432 g/mol. The fourth-order valence-corrected chi connectivity index (χ4v) is 4.46. The van der Waals surface area contributed by atoms with Crippen LogP contribution < -0.4 is 0 Å². The van der Waals surface area contributed by atoms with Crippen molar-refractivity contribution in [2.45, 2.75) is 88.5 Å². The molecule has 36 heavy (non-hydrogen) atoms. The first-order valence-corrected chi connectivity index (χ1v) is 14.0. The van der Waals surface area contributed by atoms with Crippen LogP contribution >= 0.6 is 0 Å². The Kier molecular flexibility index (Phi) is 13.2. The molecule has 3 aromatic carbocycles. The van der Waals surface area contributed by atoms with Gasteiger partial charge >= 0.3 is 0 Å². The first-order chi connectivity index (χ1) is 17.3. The molecule has 0 aliphatic heterocycles. The average Bonchev–Trinajstić information content (AvgIpc) is 3.02. The van der Waals surface area contributed by atoms with Gasteiger partial charge in [0.15, 0.2) is 0 Å². The SMILES string of the molecule is C=CC(C)c1ccc(C)cc1C1=C(C)C(C)C=Cc2c1ccc1cc(C)ccc21.CC.CC.CCC. The van der Waals surface area contributed by atoms with Gasteiger partial charge < -0.3 is 0 Å². The fourth-order valence-electron chi connectivity index (χ4n) is 4.46. The molecule has 0 aromatic heterocycles. The van der Waals surface area contributed by atoms with E-state index in [1.54, 1.807) is 0 Å². The lowest BCUT2D eigenvalue weighted by molar-refractivity contribution is 0.871. The summed E-state index contributed by atoms with van der Waals surface area (Å²) in [4.78, 5) is 0. The summed E-state index contributed by atoms with van der Waals surface area (Å²) >= 11 is 0. The van der Waals surface area contributed by atoms with E-state index in [0.29, 0.717) is 11.8 Å². The molecule has 1 aliphatic rings. The van der Waals surface area contributed by atoms with Crippen LogP contribution in [0.3, 0.4) is 0 Å². The van der Waals surface area contributed by atoms with Crippen molar-refractivity contribution in [2.24, 2.45) is 5.92 Å². The summed E-state index contributed by atoms with van der Waals surface area (Å²) in [6.07, 6.45) is 7.99. The van der Waals surface area contributed by atoms with Crippen molar-refractivity contribution in [3.8, 4) is 0 Å². The Balaban J connectivity index is 0.000000844. The van der Waals surface area contributed by atoms with Gasteiger partial charge in [-0.3, -0.25) is 0 Å². The normalized spacial score (nSPS) is 14.7. The van der Waals surface area contributed by atoms with E-state index in [1.165, 1.54) is 61.7 Å². The van der Waals surface area contributed by atoms with Crippen molar-refractivity contribution >= 4 is 22.4 Å². The van der Waals surface area contributed by atoms with Crippen LogP contribution in [0.5, 0.6) is 0 Å². The first-order valence-electron chi connectivity index (χ1n) is 14.0. The molecule has 2 unspecified atom stereocenters. The number of benzene rings is 3. The van der Waals surface area contributed by atoms with E-state index in [1.807, 2.05) is 33.8 Å². The summed E-state index contributed by atoms with van der Waals surface area (Å²) in [6, 6.07) is 18.2. The molecule has 0 spiro atoms. The molecule has 3 aromatic rings. The van der Waals surface area contributed by atoms with Crippen LogP contribution in [-0.4, -0.2) is 0 Å². The van der Waals surface area contributed by atoms with E-state index in [0.717, 1.165) is 0 Å². The van der Waals surface area contributed by atoms with E-state index in [2.05, 4.69) is 116 Å². The minimum atomic E-state index is 0.309. The van der Waals surface area contributed by atoms with Gasteiger partial charge in [0.2, 0.25) is 0 Å². The summed E-state index contributed by atoms with van der Waals surface area (Å²) < 4.78 is 0. The summed E-state index contributed by atoms with van der Waals surface area (Å²) in [5, 5.41) is 2.64. The number of aryl methyl sites for hydroxylation is 2. The molecule has 4 rings (SSSR count). The maximum absolute atomic E-state index is 4.06. The summed E-state index contributed by atoms with van der Waals surface area (Å²) in [5.74, 6) is 0.703. The van der Waals surface area contributed by atoms with Crippen molar-refractivity contribution in [1.29, 1.82) is 0 Å². The molecular formula is C36H50. The van der Waals surface area contributed by atoms with Crippen LogP contribution in [0.2, 0.25) is 0 Å². The average molecular weight is 483 g/mol. The van der Waals surface area contributed by atoms with E-state index in [4.69, 9.17) is 0 Å². The molecule has 194 valence electrons. The molecule has 0 N–H and O–H groups in total. The highest BCUT2D eigenvalue weighted by molar-refractivity contribution is 6.00. The zero-order chi connectivity index (χ0) is 27.4. The van der Waals surface area contributed by atoms with Crippen molar-refractivity contribution < 1.29 is 0 Å². The topological polar surface area (TPSA) is 0 Å².